The minimum atomic E-state index is -1.71. The summed E-state index contributed by atoms with van der Waals surface area (Å²) in [6, 6.07) is 15.5. The second kappa shape index (κ2) is 8.39. The highest BCUT2D eigenvalue weighted by atomic mass is 16.7. The molecule has 2 heterocycles. The van der Waals surface area contributed by atoms with Crippen molar-refractivity contribution >= 4 is 24.1 Å². The predicted octanol–water partition coefficient (Wildman–Crippen LogP) is 4.60. The van der Waals surface area contributed by atoms with Crippen LogP contribution in [0.2, 0.25) is 0 Å². The molecule has 1 saturated heterocycles. The molecule has 3 aromatic rings. The largest absolute Gasteiger partial charge is 0.425 e. The van der Waals surface area contributed by atoms with Gasteiger partial charge in [-0.05, 0) is 81.4 Å². The lowest BCUT2D eigenvalue weighted by Gasteiger charge is -2.42. The summed E-state index contributed by atoms with van der Waals surface area (Å²) in [4.78, 5) is 0. The van der Waals surface area contributed by atoms with Gasteiger partial charge in [-0.1, -0.05) is 63.7 Å². The van der Waals surface area contributed by atoms with Crippen molar-refractivity contribution in [3.05, 3.63) is 88.2 Å². The van der Waals surface area contributed by atoms with E-state index in [2.05, 4.69) is 129 Å². The van der Waals surface area contributed by atoms with Gasteiger partial charge in [-0.15, -0.1) is 10.9 Å². The molecule has 1 aliphatic heterocycles. The van der Waals surface area contributed by atoms with Crippen molar-refractivity contribution in [2.75, 3.05) is 0 Å². The summed E-state index contributed by atoms with van der Waals surface area (Å²) in [6.07, 6.45) is 2.66. The second-order valence-corrected chi connectivity index (χ2v) is 11.5. The van der Waals surface area contributed by atoms with Crippen molar-refractivity contribution in [1.29, 1.82) is 0 Å². The molecule has 2 aromatic carbocycles. The molecule has 1 fully saturated rings. The average molecular weight is 455 g/mol. The molecule has 0 saturated carbocycles. The van der Waals surface area contributed by atoms with Gasteiger partial charge >= 0.3 is 13.2 Å². The van der Waals surface area contributed by atoms with E-state index in [1.165, 1.54) is 44.3 Å². The van der Waals surface area contributed by atoms with Gasteiger partial charge in [0.05, 0.1) is 11.2 Å². The first-order valence-corrected chi connectivity index (χ1v) is 12.5. The Bertz CT molecular complexity index is 1110. The minimum Gasteiger partial charge on any atom is -0.425 e. The quantitative estimate of drug-likeness (QED) is 0.537. The summed E-state index contributed by atoms with van der Waals surface area (Å²) in [5.41, 5.74) is 9.32. The lowest BCUT2D eigenvalue weighted by Crippen LogP contribution is -2.88. The SMILES string of the molecule is Cc1cc(C)c([B-](B2OC(C)(C)C(C)(C)O2)(c2c(C)cc(C)cc2C)[n+]2ccccc2)c(C)c1. The van der Waals surface area contributed by atoms with Gasteiger partial charge in [0.1, 0.15) is 12.4 Å². The van der Waals surface area contributed by atoms with Crippen LogP contribution in [0.4, 0.5) is 0 Å². The number of hydrogen-bond donors (Lipinski definition) is 0. The van der Waals surface area contributed by atoms with Crippen LogP contribution in [0.15, 0.2) is 54.9 Å². The Morgan fingerprint density at radius 1 is 0.618 bits per heavy atom. The van der Waals surface area contributed by atoms with E-state index < -0.39 is 24.4 Å². The van der Waals surface area contributed by atoms with Crippen LogP contribution in [-0.2, 0) is 9.31 Å². The second-order valence-electron chi connectivity index (χ2n) is 11.5. The maximum absolute atomic E-state index is 6.96. The zero-order valence-corrected chi connectivity index (χ0v) is 22.6. The Kier molecular flexibility index (Phi) is 6.11. The number of nitrogens with zero attached hydrogens (tertiary/aromatic N) is 1. The van der Waals surface area contributed by atoms with Gasteiger partial charge in [-0.3, -0.25) is 0 Å². The first kappa shape index (κ1) is 24.8. The number of benzene rings is 2. The monoisotopic (exact) mass is 455 g/mol. The van der Waals surface area contributed by atoms with Crippen molar-refractivity contribution < 1.29 is 13.8 Å². The van der Waals surface area contributed by atoms with Crippen molar-refractivity contribution in [3.63, 3.8) is 0 Å². The van der Waals surface area contributed by atoms with Crippen LogP contribution in [0.1, 0.15) is 61.1 Å². The lowest BCUT2D eigenvalue weighted by molar-refractivity contribution is -0.538. The molecule has 1 aromatic heterocycles. The molecule has 0 bridgehead atoms. The van der Waals surface area contributed by atoms with E-state index in [9.17, 15) is 0 Å². The van der Waals surface area contributed by atoms with Gasteiger partial charge in [-0.2, -0.15) is 0 Å². The summed E-state index contributed by atoms with van der Waals surface area (Å²) in [7, 11) is -0.461. The molecule has 0 atom stereocenters. The number of aryl methyl sites for hydroxylation is 6. The predicted molar refractivity (Wildman–Crippen MR) is 144 cm³/mol. The van der Waals surface area contributed by atoms with Crippen LogP contribution >= 0.6 is 0 Å². The summed E-state index contributed by atoms with van der Waals surface area (Å²) in [5, 5.41) is 0. The topological polar surface area (TPSA) is 22.3 Å². The fourth-order valence-corrected chi connectivity index (χ4v) is 6.40. The minimum absolute atomic E-state index is 0.445. The van der Waals surface area contributed by atoms with E-state index in [0.29, 0.717) is 0 Å². The highest BCUT2D eigenvalue weighted by Gasteiger charge is 2.63. The molecule has 0 aliphatic carbocycles. The van der Waals surface area contributed by atoms with Crippen molar-refractivity contribution in [2.45, 2.75) is 80.4 Å². The molecule has 0 radical (unpaired) electrons. The standard InChI is InChI=1S/C29H39B2NO2/c1-20-16-22(3)26(23(4)17-20)31(32-14-12-11-13-15-32,27-24(5)18-21(2)19-25(27)6)30-33-28(7,8)29(9,10)34-30/h11-19H,1-10H3. The van der Waals surface area contributed by atoms with E-state index >= 15 is 0 Å². The fraction of sp³-hybridized carbons (Fsp3) is 0.414. The Morgan fingerprint density at radius 2 is 0.971 bits per heavy atom. The summed E-state index contributed by atoms with van der Waals surface area (Å²) in [6.45, 7) is 21.9. The normalized spacial score (nSPS) is 17.3. The Morgan fingerprint density at radius 3 is 1.32 bits per heavy atom. The highest BCUT2D eigenvalue weighted by molar-refractivity contribution is 7.37. The molecule has 0 spiro atoms. The third kappa shape index (κ3) is 3.74. The number of aromatic nitrogens is 1. The van der Waals surface area contributed by atoms with Gasteiger partial charge in [0.15, 0.2) is 0 Å². The summed E-state index contributed by atoms with van der Waals surface area (Å²) in [5.74, 6) is 0. The first-order chi connectivity index (χ1) is 15.8. The van der Waals surface area contributed by atoms with Crippen molar-refractivity contribution in [2.24, 2.45) is 0 Å². The lowest BCUT2D eigenvalue weighted by atomic mass is 9.06. The van der Waals surface area contributed by atoms with Crippen molar-refractivity contribution in [1.82, 2.24) is 0 Å². The highest BCUT2D eigenvalue weighted by Crippen LogP contribution is 2.39. The zero-order valence-electron chi connectivity index (χ0n) is 22.6. The Balaban J connectivity index is 2.22. The maximum Gasteiger partial charge on any atom is 0.363 e. The van der Waals surface area contributed by atoms with E-state index in [-0.39, 0.29) is 0 Å². The number of rotatable bonds is 4. The molecule has 1 aliphatic rings. The third-order valence-corrected chi connectivity index (χ3v) is 8.23. The number of hydrogen-bond acceptors (Lipinski definition) is 2. The van der Waals surface area contributed by atoms with Gasteiger partial charge in [0.25, 0.3) is 0 Å². The van der Waals surface area contributed by atoms with E-state index in [1.807, 2.05) is 0 Å². The van der Waals surface area contributed by atoms with Crippen LogP contribution in [0, 0.1) is 41.5 Å². The molecule has 0 unspecified atom stereocenters. The van der Waals surface area contributed by atoms with Crippen LogP contribution in [-0.4, -0.2) is 24.4 Å². The molecule has 0 N–H and O–H groups in total. The maximum atomic E-state index is 6.96. The summed E-state index contributed by atoms with van der Waals surface area (Å²) >= 11 is 0. The Hall–Kier alpha value is -2.36. The number of pyridine rings is 1. The zero-order chi connectivity index (χ0) is 25.1. The molecule has 4 rings (SSSR count). The van der Waals surface area contributed by atoms with E-state index in [4.69, 9.17) is 9.31 Å². The smallest absolute Gasteiger partial charge is 0.363 e. The van der Waals surface area contributed by atoms with Crippen molar-refractivity contribution in [3.8, 4) is 0 Å². The molecule has 3 nitrogen and oxygen atoms in total. The Labute approximate surface area is 206 Å². The first-order valence-electron chi connectivity index (χ1n) is 12.5. The molecular weight excluding hydrogens is 416 g/mol. The van der Waals surface area contributed by atoms with Crippen LogP contribution in [0.25, 0.3) is 0 Å². The molecule has 34 heavy (non-hydrogen) atoms. The summed E-state index contributed by atoms with van der Waals surface area (Å²) < 4.78 is 16.3. The average Bonchev–Trinajstić information content (AvgIpc) is 2.93. The molecule has 5 heteroatoms. The fourth-order valence-electron chi connectivity index (χ4n) is 6.40. The van der Waals surface area contributed by atoms with Gasteiger partial charge in [-0.25, -0.2) is 0 Å². The molecule has 178 valence electrons. The molecular formula is C29H39B2NO2. The van der Waals surface area contributed by atoms with Gasteiger partial charge < -0.3 is 13.8 Å². The van der Waals surface area contributed by atoms with Crippen LogP contribution in [0.5, 0.6) is 0 Å². The van der Waals surface area contributed by atoms with E-state index in [0.717, 1.165) is 0 Å². The van der Waals surface area contributed by atoms with Gasteiger partial charge in [0, 0.05) is 0 Å². The molecule has 0 amide bonds. The van der Waals surface area contributed by atoms with Gasteiger partial charge in [0.2, 0.25) is 0 Å². The van der Waals surface area contributed by atoms with Crippen LogP contribution < -0.4 is 15.4 Å². The van der Waals surface area contributed by atoms with Crippen LogP contribution in [0.3, 0.4) is 0 Å². The van der Waals surface area contributed by atoms with E-state index in [1.54, 1.807) is 0 Å². The third-order valence-electron chi connectivity index (χ3n) is 8.23.